The highest BCUT2D eigenvalue weighted by atomic mass is 19.3. The summed E-state index contributed by atoms with van der Waals surface area (Å²) in [6.07, 6.45) is -2.63. The molecule has 1 fully saturated rings. The van der Waals surface area contributed by atoms with Gasteiger partial charge in [0.05, 0.1) is 24.9 Å². The lowest BCUT2D eigenvalue weighted by Crippen LogP contribution is -2.47. The first-order chi connectivity index (χ1) is 12.9. The first-order valence-electron chi connectivity index (χ1n) is 8.52. The van der Waals surface area contributed by atoms with Crippen LogP contribution in [0, 0.1) is 5.82 Å². The number of alkyl halides is 2. The minimum Gasteiger partial charge on any atom is -0.676 e. The minimum absolute atomic E-state index is 0.0752. The number of ether oxygens (including phenoxy) is 1. The number of morpholine rings is 1. The molecule has 0 spiro atoms. The second-order valence-electron chi connectivity index (χ2n) is 5.95. The predicted molar refractivity (Wildman–Crippen MR) is 94.4 cm³/mol. The summed E-state index contributed by atoms with van der Waals surface area (Å²) in [5, 5.41) is 2.45. The fraction of sp³-hybridized carbons (Fsp3) is 0.529. The van der Waals surface area contributed by atoms with E-state index >= 15 is 0 Å². The first kappa shape index (κ1) is 21.1. The van der Waals surface area contributed by atoms with E-state index in [1.54, 1.807) is 6.92 Å². The molecule has 0 bridgehead atoms. The molecule has 7 nitrogen and oxygen atoms in total. The molecule has 1 aromatic rings. The maximum absolute atomic E-state index is 14.4. The summed E-state index contributed by atoms with van der Waals surface area (Å²) in [5.74, 6) is -1.73. The number of hydrogen-bond donors (Lipinski definition) is 1. The highest BCUT2D eigenvalue weighted by Crippen LogP contribution is 2.24. The number of amides is 2. The van der Waals surface area contributed by atoms with Crippen molar-refractivity contribution in [2.24, 2.45) is 0 Å². The number of benzene rings is 1. The number of hydrogen-bond acceptors (Lipinski definition) is 4. The highest BCUT2D eigenvalue weighted by molar-refractivity contribution is 5.97. The standard InChI is InChI=1S/C17H22F3N4O3/c1-2-23(9-15(19)20)14(8-21)17(26)22-11-3-4-13(12(18)7-11)24-5-6-27-10-16(24)25/h3-4,7,14-15,21H,2,5-6,8-10H2,1H3,(H,22,26)/q-1/t14-/m1/s1. The van der Waals surface area contributed by atoms with Crippen LogP contribution in [-0.4, -0.2) is 68.6 Å². The number of carbonyl (C=O) groups excluding carboxylic acids is 2. The summed E-state index contributed by atoms with van der Waals surface area (Å²) >= 11 is 0. The molecule has 150 valence electrons. The minimum atomic E-state index is -2.63. The van der Waals surface area contributed by atoms with Gasteiger partial charge in [-0.2, -0.15) is 0 Å². The van der Waals surface area contributed by atoms with Gasteiger partial charge in [0.15, 0.2) is 0 Å². The first-order valence-corrected chi connectivity index (χ1v) is 8.52. The molecule has 2 N–H and O–H groups in total. The second kappa shape index (κ2) is 9.67. The van der Waals surface area contributed by atoms with Crippen molar-refractivity contribution in [3.05, 3.63) is 29.7 Å². The lowest BCUT2D eigenvalue weighted by molar-refractivity contribution is -0.125. The molecule has 1 aliphatic rings. The van der Waals surface area contributed by atoms with Crippen LogP contribution in [-0.2, 0) is 14.3 Å². The Balaban J connectivity index is 2.10. The quantitative estimate of drug-likeness (QED) is 0.741. The van der Waals surface area contributed by atoms with Crippen molar-refractivity contribution >= 4 is 23.2 Å². The van der Waals surface area contributed by atoms with Crippen LogP contribution < -0.4 is 10.2 Å². The molecule has 1 saturated heterocycles. The normalized spacial score (nSPS) is 16.1. The van der Waals surface area contributed by atoms with Crippen LogP contribution in [0.3, 0.4) is 0 Å². The van der Waals surface area contributed by atoms with Gasteiger partial charge in [0.2, 0.25) is 5.91 Å². The van der Waals surface area contributed by atoms with Crippen LogP contribution in [0.2, 0.25) is 0 Å². The number of rotatable bonds is 8. The van der Waals surface area contributed by atoms with E-state index < -0.39 is 37.3 Å². The molecule has 0 radical (unpaired) electrons. The zero-order chi connectivity index (χ0) is 20.0. The molecule has 0 unspecified atom stereocenters. The van der Waals surface area contributed by atoms with E-state index in [0.717, 1.165) is 6.07 Å². The van der Waals surface area contributed by atoms with E-state index in [4.69, 9.17) is 10.5 Å². The predicted octanol–water partition coefficient (Wildman–Crippen LogP) is 2.14. The van der Waals surface area contributed by atoms with Gasteiger partial charge in [-0.25, -0.2) is 13.2 Å². The fourth-order valence-electron chi connectivity index (χ4n) is 2.84. The Kier molecular flexibility index (Phi) is 7.57. The maximum atomic E-state index is 14.4. The molecule has 1 heterocycles. The van der Waals surface area contributed by atoms with Gasteiger partial charge in [-0.05, 0) is 24.7 Å². The number of carbonyl (C=O) groups is 2. The Hall–Kier alpha value is -2.17. The van der Waals surface area contributed by atoms with Gasteiger partial charge in [0, 0.05) is 12.2 Å². The van der Waals surface area contributed by atoms with Gasteiger partial charge in [-0.3, -0.25) is 14.5 Å². The van der Waals surface area contributed by atoms with Crippen molar-refractivity contribution in [3.8, 4) is 0 Å². The van der Waals surface area contributed by atoms with E-state index in [-0.39, 0.29) is 37.0 Å². The number of halogens is 3. The van der Waals surface area contributed by atoms with E-state index in [1.165, 1.54) is 21.9 Å². The molecule has 0 saturated carbocycles. The van der Waals surface area contributed by atoms with Crippen molar-refractivity contribution in [2.45, 2.75) is 19.4 Å². The van der Waals surface area contributed by atoms with Crippen molar-refractivity contribution in [3.63, 3.8) is 0 Å². The summed E-state index contributed by atoms with van der Waals surface area (Å²) in [6, 6.07) is 2.76. The fourth-order valence-corrected chi connectivity index (χ4v) is 2.84. The molecular formula is C17H22F3N4O3-. The number of likely N-dealkylation sites (N-methyl/N-ethyl adjacent to an activating group) is 1. The van der Waals surface area contributed by atoms with Crippen LogP contribution >= 0.6 is 0 Å². The zero-order valence-corrected chi connectivity index (χ0v) is 14.9. The third-order valence-corrected chi connectivity index (χ3v) is 4.21. The van der Waals surface area contributed by atoms with E-state index in [1.807, 2.05) is 0 Å². The monoisotopic (exact) mass is 387 g/mol. The van der Waals surface area contributed by atoms with Crippen molar-refractivity contribution < 1.29 is 27.5 Å². The lowest BCUT2D eigenvalue weighted by atomic mass is 10.2. The van der Waals surface area contributed by atoms with Crippen LogP contribution in [0.4, 0.5) is 24.5 Å². The maximum Gasteiger partial charge on any atom is 0.253 e. The van der Waals surface area contributed by atoms with Crippen LogP contribution in [0.25, 0.3) is 5.73 Å². The van der Waals surface area contributed by atoms with Crippen molar-refractivity contribution in [1.29, 1.82) is 0 Å². The Morgan fingerprint density at radius 3 is 2.74 bits per heavy atom. The van der Waals surface area contributed by atoms with Gasteiger partial charge < -0.3 is 20.7 Å². The van der Waals surface area contributed by atoms with Gasteiger partial charge >= 0.3 is 0 Å². The van der Waals surface area contributed by atoms with E-state index in [0.29, 0.717) is 6.61 Å². The molecule has 2 amide bonds. The van der Waals surface area contributed by atoms with Crippen LogP contribution in [0.15, 0.2) is 18.2 Å². The summed E-state index contributed by atoms with van der Waals surface area (Å²) in [6.45, 7) is 1.16. The zero-order valence-electron chi connectivity index (χ0n) is 14.9. The Morgan fingerprint density at radius 1 is 1.44 bits per heavy atom. The van der Waals surface area contributed by atoms with Gasteiger partial charge in [-0.1, -0.05) is 6.92 Å². The Morgan fingerprint density at radius 2 is 2.19 bits per heavy atom. The second-order valence-corrected chi connectivity index (χ2v) is 5.95. The summed E-state index contributed by atoms with van der Waals surface area (Å²) in [4.78, 5) is 26.6. The average Bonchev–Trinajstić information content (AvgIpc) is 2.62. The van der Waals surface area contributed by atoms with Crippen molar-refractivity contribution in [2.75, 3.05) is 49.6 Å². The topological polar surface area (TPSA) is 85.7 Å². The molecule has 0 aromatic heterocycles. The molecule has 1 aliphatic heterocycles. The van der Waals surface area contributed by atoms with Crippen LogP contribution in [0.5, 0.6) is 0 Å². The SMILES string of the molecule is CCN(CC(F)F)[C@H](C[NH-])C(=O)Nc1ccc(N2CCOCC2=O)c(F)c1. The molecule has 10 heteroatoms. The molecular weight excluding hydrogens is 365 g/mol. The third-order valence-electron chi connectivity index (χ3n) is 4.21. The summed E-state index contributed by atoms with van der Waals surface area (Å²) in [5.41, 5.74) is 7.68. The largest absolute Gasteiger partial charge is 0.676 e. The molecule has 1 aromatic carbocycles. The Labute approximate surface area is 155 Å². The van der Waals surface area contributed by atoms with Crippen molar-refractivity contribution in [1.82, 2.24) is 4.90 Å². The molecule has 1 atom stereocenters. The van der Waals surface area contributed by atoms with Gasteiger partial charge in [0.25, 0.3) is 12.3 Å². The third kappa shape index (κ3) is 5.41. The molecule has 27 heavy (non-hydrogen) atoms. The van der Waals surface area contributed by atoms with E-state index in [9.17, 15) is 22.8 Å². The number of nitrogens with one attached hydrogen (secondary N) is 2. The highest BCUT2D eigenvalue weighted by Gasteiger charge is 2.25. The number of nitrogens with zero attached hydrogens (tertiary/aromatic N) is 2. The summed E-state index contributed by atoms with van der Waals surface area (Å²) < 4.78 is 44.7. The average molecular weight is 387 g/mol. The smallest absolute Gasteiger partial charge is 0.253 e. The molecule has 0 aliphatic carbocycles. The van der Waals surface area contributed by atoms with Gasteiger partial charge in [0.1, 0.15) is 12.4 Å². The Bertz CT molecular complexity index is 675. The van der Waals surface area contributed by atoms with Gasteiger partial charge in [-0.15, -0.1) is 6.54 Å². The number of anilines is 2. The lowest BCUT2D eigenvalue weighted by Gasteiger charge is -2.31. The van der Waals surface area contributed by atoms with E-state index in [2.05, 4.69) is 5.32 Å². The molecule has 2 rings (SSSR count). The van der Waals surface area contributed by atoms with Crippen LogP contribution in [0.1, 0.15) is 6.92 Å². The summed E-state index contributed by atoms with van der Waals surface area (Å²) in [7, 11) is 0.